The summed E-state index contributed by atoms with van der Waals surface area (Å²) in [5.74, 6) is -0.334. The van der Waals surface area contributed by atoms with Gasteiger partial charge in [-0.1, -0.05) is 0 Å². The SMILES string of the molecule is O=[N+]([O-])c1c[nH]c(-c2ccc(F)cc2)c1. The van der Waals surface area contributed by atoms with Crippen LogP contribution in [0.15, 0.2) is 36.5 Å². The van der Waals surface area contributed by atoms with E-state index in [1.165, 1.54) is 24.4 Å². The van der Waals surface area contributed by atoms with Crippen molar-refractivity contribution < 1.29 is 9.31 Å². The van der Waals surface area contributed by atoms with Crippen LogP contribution in [-0.2, 0) is 0 Å². The Kier molecular flexibility index (Phi) is 2.21. The summed E-state index contributed by atoms with van der Waals surface area (Å²) in [6.45, 7) is 0. The highest BCUT2D eigenvalue weighted by molar-refractivity contribution is 5.62. The van der Waals surface area contributed by atoms with Gasteiger partial charge < -0.3 is 4.98 Å². The summed E-state index contributed by atoms with van der Waals surface area (Å²) >= 11 is 0. The van der Waals surface area contributed by atoms with Crippen LogP contribution in [0.3, 0.4) is 0 Å². The molecule has 0 aliphatic heterocycles. The lowest BCUT2D eigenvalue weighted by Crippen LogP contribution is -1.82. The van der Waals surface area contributed by atoms with Crippen molar-refractivity contribution >= 4 is 5.69 Å². The summed E-state index contributed by atoms with van der Waals surface area (Å²) in [5.41, 5.74) is 1.31. The van der Waals surface area contributed by atoms with Crippen LogP contribution in [0, 0.1) is 15.9 Å². The maximum absolute atomic E-state index is 12.6. The molecule has 76 valence electrons. The summed E-state index contributed by atoms with van der Waals surface area (Å²) in [4.78, 5) is 12.7. The van der Waals surface area contributed by atoms with E-state index in [2.05, 4.69) is 4.98 Å². The predicted octanol–water partition coefficient (Wildman–Crippen LogP) is 2.73. The van der Waals surface area contributed by atoms with Gasteiger partial charge in [-0.25, -0.2) is 4.39 Å². The van der Waals surface area contributed by atoms with E-state index in [1.807, 2.05) is 0 Å². The Morgan fingerprint density at radius 1 is 1.27 bits per heavy atom. The third kappa shape index (κ3) is 1.85. The van der Waals surface area contributed by atoms with Gasteiger partial charge in [0, 0.05) is 6.07 Å². The number of hydrogen-bond donors (Lipinski definition) is 1. The number of aromatic nitrogens is 1. The molecule has 0 aliphatic rings. The minimum Gasteiger partial charge on any atom is -0.355 e. The number of nitrogens with zero attached hydrogens (tertiary/aromatic N) is 1. The van der Waals surface area contributed by atoms with Crippen molar-refractivity contribution in [3.05, 3.63) is 52.5 Å². The molecule has 0 saturated heterocycles. The molecule has 0 amide bonds. The van der Waals surface area contributed by atoms with Crippen molar-refractivity contribution in [1.82, 2.24) is 4.98 Å². The lowest BCUT2D eigenvalue weighted by atomic mass is 10.1. The molecule has 2 aromatic rings. The number of hydrogen-bond acceptors (Lipinski definition) is 2. The van der Waals surface area contributed by atoms with E-state index in [4.69, 9.17) is 0 Å². The fraction of sp³-hybridized carbons (Fsp3) is 0. The molecule has 0 fully saturated rings. The lowest BCUT2D eigenvalue weighted by molar-refractivity contribution is -0.384. The number of nitrogens with one attached hydrogen (secondary N) is 1. The third-order valence-electron chi connectivity index (χ3n) is 2.03. The number of halogens is 1. The topological polar surface area (TPSA) is 58.9 Å². The second-order valence-electron chi connectivity index (χ2n) is 3.04. The molecular weight excluding hydrogens is 199 g/mol. The average molecular weight is 206 g/mol. The Morgan fingerprint density at radius 2 is 1.93 bits per heavy atom. The number of H-pyrrole nitrogens is 1. The van der Waals surface area contributed by atoms with E-state index in [0.29, 0.717) is 11.3 Å². The van der Waals surface area contributed by atoms with Crippen molar-refractivity contribution in [1.29, 1.82) is 0 Å². The number of nitro groups is 1. The summed E-state index contributed by atoms with van der Waals surface area (Å²) < 4.78 is 12.6. The molecule has 1 N–H and O–H groups in total. The van der Waals surface area contributed by atoms with E-state index in [1.54, 1.807) is 12.1 Å². The lowest BCUT2D eigenvalue weighted by Gasteiger charge is -1.95. The largest absolute Gasteiger partial charge is 0.355 e. The second kappa shape index (κ2) is 3.53. The van der Waals surface area contributed by atoms with Crippen molar-refractivity contribution in [3.8, 4) is 11.3 Å². The molecule has 5 heteroatoms. The Labute approximate surface area is 84.5 Å². The molecule has 2 rings (SSSR count). The smallest absolute Gasteiger partial charge is 0.287 e. The van der Waals surface area contributed by atoms with Gasteiger partial charge in [-0.2, -0.15) is 0 Å². The monoisotopic (exact) mass is 206 g/mol. The van der Waals surface area contributed by atoms with Gasteiger partial charge in [0.05, 0.1) is 16.8 Å². The third-order valence-corrected chi connectivity index (χ3v) is 2.03. The van der Waals surface area contributed by atoms with Crippen LogP contribution < -0.4 is 0 Å². The Balaban J connectivity index is 2.37. The Hall–Kier alpha value is -2.17. The molecule has 1 aromatic heterocycles. The van der Waals surface area contributed by atoms with Gasteiger partial charge in [0.2, 0.25) is 0 Å². The van der Waals surface area contributed by atoms with Gasteiger partial charge in [0.15, 0.2) is 0 Å². The van der Waals surface area contributed by atoms with E-state index in [0.717, 1.165) is 0 Å². The zero-order chi connectivity index (χ0) is 10.8. The van der Waals surface area contributed by atoms with Crippen LogP contribution in [0.2, 0.25) is 0 Å². The maximum atomic E-state index is 12.6. The first-order chi connectivity index (χ1) is 7.16. The van der Waals surface area contributed by atoms with Crippen LogP contribution >= 0.6 is 0 Å². The summed E-state index contributed by atoms with van der Waals surface area (Å²) in [6.07, 6.45) is 1.30. The first kappa shape index (κ1) is 9.39. The van der Waals surface area contributed by atoms with Crippen LogP contribution in [0.1, 0.15) is 0 Å². The quantitative estimate of drug-likeness (QED) is 0.606. The summed E-state index contributed by atoms with van der Waals surface area (Å²) in [6, 6.07) is 7.15. The summed E-state index contributed by atoms with van der Waals surface area (Å²) in [7, 11) is 0. The van der Waals surface area contributed by atoms with Crippen LogP contribution in [0.4, 0.5) is 10.1 Å². The van der Waals surface area contributed by atoms with Crippen LogP contribution in [0.5, 0.6) is 0 Å². The highest BCUT2D eigenvalue weighted by Gasteiger charge is 2.09. The maximum Gasteiger partial charge on any atom is 0.287 e. The summed E-state index contributed by atoms with van der Waals surface area (Å²) in [5, 5.41) is 10.4. The Morgan fingerprint density at radius 3 is 2.47 bits per heavy atom. The first-order valence-electron chi connectivity index (χ1n) is 4.25. The highest BCUT2D eigenvalue weighted by Crippen LogP contribution is 2.22. The van der Waals surface area contributed by atoms with E-state index in [-0.39, 0.29) is 11.5 Å². The molecule has 0 atom stereocenters. The second-order valence-corrected chi connectivity index (χ2v) is 3.04. The van der Waals surface area contributed by atoms with Gasteiger partial charge in [-0.15, -0.1) is 0 Å². The average Bonchev–Trinajstić information content (AvgIpc) is 2.68. The fourth-order valence-electron chi connectivity index (χ4n) is 1.28. The molecule has 0 bridgehead atoms. The van der Waals surface area contributed by atoms with Crippen molar-refractivity contribution in [2.45, 2.75) is 0 Å². The zero-order valence-electron chi connectivity index (χ0n) is 7.61. The molecule has 0 spiro atoms. The van der Waals surface area contributed by atoms with Gasteiger partial charge in [-0.3, -0.25) is 10.1 Å². The van der Waals surface area contributed by atoms with Crippen molar-refractivity contribution in [2.75, 3.05) is 0 Å². The van der Waals surface area contributed by atoms with Crippen LogP contribution in [-0.4, -0.2) is 9.91 Å². The molecule has 0 aliphatic carbocycles. The molecule has 1 heterocycles. The molecule has 15 heavy (non-hydrogen) atoms. The van der Waals surface area contributed by atoms with E-state index < -0.39 is 4.92 Å². The fourth-order valence-corrected chi connectivity index (χ4v) is 1.28. The number of rotatable bonds is 2. The van der Waals surface area contributed by atoms with E-state index >= 15 is 0 Å². The first-order valence-corrected chi connectivity index (χ1v) is 4.25. The standard InChI is InChI=1S/C10H7FN2O2/c11-8-3-1-7(2-4-8)10-5-9(6-12-10)13(14)15/h1-6,12H. The van der Waals surface area contributed by atoms with Gasteiger partial charge in [0.25, 0.3) is 5.69 Å². The zero-order valence-corrected chi connectivity index (χ0v) is 7.61. The van der Waals surface area contributed by atoms with E-state index in [9.17, 15) is 14.5 Å². The van der Waals surface area contributed by atoms with Crippen molar-refractivity contribution in [2.24, 2.45) is 0 Å². The van der Waals surface area contributed by atoms with Crippen molar-refractivity contribution in [3.63, 3.8) is 0 Å². The van der Waals surface area contributed by atoms with Crippen LogP contribution in [0.25, 0.3) is 11.3 Å². The van der Waals surface area contributed by atoms with Gasteiger partial charge in [-0.05, 0) is 29.8 Å². The number of aromatic amines is 1. The highest BCUT2D eigenvalue weighted by atomic mass is 19.1. The molecule has 0 unspecified atom stereocenters. The van der Waals surface area contributed by atoms with Gasteiger partial charge in [0.1, 0.15) is 5.82 Å². The normalized spacial score (nSPS) is 10.2. The number of benzene rings is 1. The molecular formula is C10H7FN2O2. The minimum absolute atomic E-state index is 0.00525. The molecule has 1 aromatic carbocycles. The molecule has 0 radical (unpaired) electrons. The minimum atomic E-state index is -0.483. The van der Waals surface area contributed by atoms with Gasteiger partial charge >= 0.3 is 0 Å². The molecule has 0 saturated carbocycles. The molecule has 4 nitrogen and oxygen atoms in total. The Bertz CT molecular complexity index is 490. The predicted molar refractivity (Wildman–Crippen MR) is 52.8 cm³/mol.